The summed E-state index contributed by atoms with van der Waals surface area (Å²) < 4.78 is 0. The molecule has 2 rings (SSSR count). The molecule has 1 N–H and O–H groups in total. The van der Waals surface area contributed by atoms with Crippen LogP contribution in [-0.2, 0) is 11.3 Å². The van der Waals surface area contributed by atoms with E-state index in [1.807, 2.05) is 32.3 Å². The van der Waals surface area contributed by atoms with Crippen molar-refractivity contribution in [2.75, 3.05) is 20.2 Å². The Labute approximate surface area is 113 Å². The fraction of sp³-hybridized carbons (Fsp3) is 0.571. The summed E-state index contributed by atoms with van der Waals surface area (Å²) in [6.45, 7) is 3.59. The summed E-state index contributed by atoms with van der Waals surface area (Å²) >= 11 is 0. The van der Waals surface area contributed by atoms with Crippen LogP contribution in [0.25, 0.3) is 0 Å². The first-order valence-corrected chi connectivity index (χ1v) is 6.64. The fourth-order valence-corrected chi connectivity index (χ4v) is 2.53. The molecule has 5 nitrogen and oxygen atoms in total. The van der Waals surface area contributed by atoms with Crippen molar-refractivity contribution >= 4 is 5.91 Å². The van der Waals surface area contributed by atoms with Gasteiger partial charge in [-0.15, -0.1) is 0 Å². The first-order chi connectivity index (χ1) is 9.13. The molecule has 0 bridgehead atoms. The number of amides is 1. The van der Waals surface area contributed by atoms with E-state index in [0.717, 1.165) is 12.1 Å². The lowest BCUT2D eigenvalue weighted by Crippen LogP contribution is -2.59. The lowest BCUT2D eigenvalue weighted by Gasteiger charge is -2.43. The summed E-state index contributed by atoms with van der Waals surface area (Å²) in [6.07, 6.45) is 4.05. The van der Waals surface area contributed by atoms with Crippen molar-refractivity contribution in [3.05, 3.63) is 30.1 Å². The number of likely N-dealkylation sites (N-methyl/N-ethyl adjacent to an activating group) is 1. The highest BCUT2D eigenvalue weighted by atomic mass is 16.3. The summed E-state index contributed by atoms with van der Waals surface area (Å²) in [7, 11) is 1.83. The molecule has 0 aromatic carbocycles. The second kappa shape index (κ2) is 6.12. The van der Waals surface area contributed by atoms with E-state index in [9.17, 15) is 4.79 Å². The van der Waals surface area contributed by atoms with E-state index in [1.165, 1.54) is 0 Å². The molecule has 1 aromatic heterocycles. The van der Waals surface area contributed by atoms with Gasteiger partial charge in [0.2, 0.25) is 5.91 Å². The Morgan fingerprint density at radius 2 is 2.32 bits per heavy atom. The summed E-state index contributed by atoms with van der Waals surface area (Å²) in [4.78, 5) is 20.3. The lowest BCUT2D eigenvalue weighted by atomic mass is 10.0. The van der Waals surface area contributed by atoms with Gasteiger partial charge >= 0.3 is 0 Å². The molecule has 2 atom stereocenters. The fourth-order valence-electron chi connectivity index (χ4n) is 2.53. The van der Waals surface area contributed by atoms with Gasteiger partial charge in [0, 0.05) is 45.2 Å². The summed E-state index contributed by atoms with van der Waals surface area (Å²) in [6, 6.07) is 3.87. The van der Waals surface area contributed by atoms with Crippen LogP contribution in [0.15, 0.2) is 24.5 Å². The minimum Gasteiger partial charge on any atom is -0.396 e. The molecule has 19 heavy (non-hydrogen) atoms. The van der Waals surface area contributed by atoms with Crippen molar-refractivity contribution in [3.63, 3.8) is 0 Å². The predicted molar refractivity (Wildman–Crippen MR) is 72.4 cm³/mol. The number of nitrogens with zero attached hydrogens (tertiary/aromatic N) is 3. The molecular formula is C14H21N3O2. The molecule has 1 aromatic rings. The third-order valence-electron chi connectivity index (χ3n) is 3.74. The molecule has 0 spiro atoms. The van der Waals surface area contributed by atoms with Crippen molar-refractivity contribution in [2.24, 2.45) is 0 Å². The molecule has 1 saturated heterocycles. The summed E-state index contributed by atoms with van der Waals surface area (Å²) in [5.74, 6) is 0.0942. The Balaban J connectivity index is 2.14. The van der Waals surface area contributed by atoms with Crippen molar-refractivity contribution in [1.82, 2.24) is 14.8 Å². The van der Waals surface area contributed by atoms with Crippen LogP contribution in [0, 0.1) is 0 Å². The first-order valence-electron chi connectivity index (χ1n) is 6.64. The van der Waals surface area contributed by atoms with E-state index >= 15 is 0 Å². The molecule has 2 heterocycles. The van der Waals surface area contributed by atoms with Crippen LogP contribution in [-0.4, -0.2) is 58.1 Å². The van der Waals surface area contributed by atoms with Gasteiger partial charge in [0.25, 0.3) is 0 Å². The standard InChI is InChI=1S/C14H21N3O2/c1-11-9-17(10-12-4-3-6-15-8-12)13(5-7-18)14(19)16(11)2/h3-4,6,8,11,13,18H,5,7,9-10H2,1-2H3. The number of aliphatic hydroxyl groups excluding tert-OH is 1. The maximum atomic E-state index is 12.3. The zero-order valence-electron chi connectivity index (χ0n) is 11.5. The molecule has 1 aliphatic heterocycles. The molecule has 0 radical (unpaired) electrons. The quantitative estimate of drug-likeness (QED) is 0.859. The van der Waals surface area contributed by atoms with Crippen LogP contribution in [0.5, 0.6) is 0 Å². The van der Waals surface area contributed by atoms with Crippen molar-refractivity contribution in [2.45, 2.75) is 32.0 Å². The highest BCUT2D eigenvalue weighted by Crippen LogP contribution is 2.19. The largest absolute Gasteiger partial charge is 0.396 e. The number of aliphatic hydroxyl groups is 1. The van der Waals surface area contributed by atoms with Gasteiger partial charge in [-0.05, 0) is 25.0 Å². The number of rotatable bonds is 4. The smallest absolute Gasteiger partial charge is 0.240 e. The molecule has 5 heteroatoms. The Morgan fingerprint density at radius 3 is 2.95 bits per heavy atom. The zero-order chi connectivity index (χ0) is 13.8. The topological polar surface area (TPSA) is 56.7 Å². The highest BCUT2D eigenvalue weighted by Gasteiger charge is 2.36. The maximum Gasteiger partial charge on any atom is 0.240 e. The molecule has 104 valence electrons. The van der Waals surface area contributed by atoms with E-state index < -0.39 is 0 Å². The lowest BCUT2D eigenvalue weighted by molar-refractivity contribution is -0.144. The van der Waals surface area contributed by atoms with Crippen molar-refractivity contribution < 1.29 is 9.90 Å². The van der Waals surface area contributed by atoms with Crippen molar-refractivity contribution in [1.29, 1.82) is 0 Å². The number of carbonyl (C=O) groups is 1. The Morgan fingerprint density at radius 1 is 1.53 bits per heavy atom. The summed E-state index contributed by atoms with van der Waals surface area (Å²) in [5, 5.41) is 9.16. The van der Waals surface area contributed by atoms with Crippen LogP contribution in [0.4, 0.5) is 0 Å². The molecular weight excluding hydrogens is 242 g/mol. The van der Waals surface area contributed by atoms with Crippen molar-refractivity contribution in [3.8, 4) is 0 Å². The van der Waals surface area contributed by atoms with Crippen LogP contribution < -0.4 is 0 Å². The second-order valence-corrected chi connectivity index (χ2v) is 5.12. The van der Waals surface area contributed by atoms with Gasteiger partial charge in [-0.3, -0.25) is 14.7 Å². The number of piperazine rings is 1. The molecule has 1 fully saturated rings. The van der Waals surface area contributed by atoms with Gasteiger partial charge < -0.3 is 10.0 Å². The SMILES string of the molecule is CC1CN(Cc2cccnc2)C(CCO)C(=O)N1C. The third-order valence-corrected chi connectivity index (χ3v) is 3.74. The van der Waals surface area contributed by atoms with E-state index in [1.54, 1.807) is 11.1 Å². The normalized spacial score (nSPS) is 24.8. The minimum absolute atomic E-state index is 0.0299. The molecule has 0 aliphatic carbocycles. The van der Waals surface area contributed by atoms with E-state index in [4.69, 9.17) is 5.11 Å². The predicted octanol–water partition coefficient (Wildman–Crippen LogP) is 0.495. The first kappa shape index (κ1) is 14.0. The Hall–Kier alpha value is -1.46. The van der Waals surface area contributed by atoms with Crippen LogP contribution in [0.1, 0.15) is 18.9 Å². The van der Waals surface area contributed by atoms with Gasteiger partial charge in [0.15, 0.2) is 0 Å². The minimum atomic E-state index is -0.230. The van der Waals surface area contributed by atoms with Gasteiger partial charge in [-0.2, -0.15) is 0 Å². The number of hydrogen-bond acceptors (Lipinski definition) is 4. The van der Waals surface area contributed by atoms with Gasteiger partial charge in [-0.1, -0.05) is 6.07 Å². The number of hydrogen-bond donors (Lipinski definition) is 1. The third kappa shape index (κ3) is 3.11. The van der Waals surface area contributed by atoms with Crippen LogP contribution >= 0.6 is 0 Å². The van der Waals surface area contributed by atoms with E-state index in [0.29, 0.717) is 13.0 Å². The molecule has 0 saturated carbocycles. The molecule has 1 amide bonds. The maximum absolute atomic E-state index is 12.3. The van der Waals surface area contributed by atoms with E-state index in [2.05, 4.69) is 9.88 Å². The van der Waals surface area contributed by atoms with Gasteiger partial charge in [0.05, 0.1) is 6.04 Å². The monoisotopic (exact) mass is 263 g/mol. The average molecular weight is 263 g/mol. The highest BCUT2D eigenvalue weighted by molar-refractivity contribution is 5.82. The summed E-state index contributed by atoms with van der Waals surface area (Å²) in [5.41, 5.74) is 1.09. The van der Waals surface area contributed by atoms with Gasteiger partial charge in [-0.25, -0.2) is 0 Å². The molecule has 1 aliphatic rings. The Bertz CT molecular complexity index is 424. The number of carbonyl (C=O) groups excluding carboxylic acids is 1. The number of aromatic nitrogens is 1. The van der Waals surface area contributed by atoms with E-state index in [-0.39, 0.29) is 24.6 Å². The Kier molecular flexibility index (Phi) is 4.50. The van der Waals surface area contributed by atoms with Gasteiger partial charge in [0.1, 0.15) is 0 Å². The number of pyridine rings is 1. The second-order valence-electron chi connectivity index (χ2n) is 5.12. The average Bonchev–Trinajstić information content (AvgIpc) is 2.42. The van der Waals surface area contributed by atoms with Crippen LogP contribution in [0.2, 0.25) is 0 Å². The molecule has 2 unspecified atom stereocenters. The van der Waals surface area contributed by atoms with Crippen LogP contribution in [0.3, 0.4) is 0 Å². The zero-order valence-corrected chi connectivity index (χ0v) is 11.5.